The van der Waals surface area contributed by atoms with E-state index in [-0.39, 0.29) is 12.2 Å². The molecule has 3 aromatic rings. The molecule has 1 aliphatic carbocycles. The number of hydrogen-bond acceptors (Lipinski definition) is 3. The van der Waals surface area contributed by atoms with E-state index in [4.69, 9.17) is 4.74 Å². The standard InChI is InChI=1S/C27H26O4/c1-18-7-3-4-8-19(18)13-23-14-20(11-12-25(23)31-2)24(28)17-27(26(29)30)15-21-9-5-6-10-22(21)16-27/h3-12,14H,13,15-17H2,1-2H3,(H,29,30). The van der Waals surface area contributed by atoms with Crippen LogP contribution in [0, 0.1) is 12.3 Å². The third kappa shape index (κ3) is 4.11. The highest BCUT2D eigenvalue weighted by Gasteiger charge is 2.45. The predicted molar refractivity (Wildman–Crippen MR) is 120 cm³/mol. The highest BCUT2D eigenvalue weighted by Crippen LogP contribution is 2.41. The van der Waals surface area contributed by atoms with E-state index in [0.717, 1.165) is 22.4 Å². The quantitative estimate of drug-likeness (QED) is 0.551. The molecule has 0 aromatic heterocycles. The Bertz CT molecular complexity index is 1120. The minimum atomic E-state index is -1.09. The lowest BCUT2D eigenvalue weighted by atomic mass is 9.78. The summed E-state index contributed by atoms with van der Waals surface area (Å²) in [5, 5.41) is 10.0. The average Bonchev–Trinajstić information content (AvgIpc) is 3.15. The summed E-state index contributed by atoms with van der Waals surface area (Å²) in [5.74, 6) is -0.337. The van der Waals surface area contributed by atoms with Gasteiger partial charge in [0, 0.05) is 18.4 Å². The van der Waals surface area contributed by atoms with Crippen LogP contribution in [0.1, 0.15) is 44.6 Å². The second-order valence-corrected chi connectivity index (χ2v) is 8.44. The third-order valence-electron chi connectivity index (χ3n) is 6.37. The van der Waals surface area contributed by atoms with Crippen LogP contribution in [0.4, 0.5) is 0 Å². The molecule has 0 bridgehead atoms. The molecular formula is C27H26O4. The van der Waals surface area contributed by atoms with E-state index in [1.165, 1.54) is 11.1 Å². The number of ether oxygens (including phenoxy) is 1. The molecule has 3 aromatic carbocycles. The Balaban J connectivity index is 1.61. The number of Topliss-reactive ketones (excluding diaryl/α,β-unsaturated/α-hetero) is 1. The van der Waals surface area contributed by atoms with Crippen molar-refractivity contribution in [2.45, 2.75) is 32.6 Å². The van der Waals surface area contributed by atoms with E-state index < -0.39 is 11.4 Å². The molecule has 0 spiro atoms. The number of hydrogen-bond donors (Lipinski definition) is 1. The zero-order chi connectivity index (χ0) is 22.0. The van der Waals surface area contributed by atoms with Gasteiger partial charge in [0.25, 0.3) is 0 Å². The summed E-state index contributed by atoms with van der Waals surface area (Å²) in [4.78, 5) is 25.5. The van der Waals surface area contributed by atoms with Crippen molar-refractivity contribution in [2.24, 2.45) is 5.41 Å². The van der Waals surface area contributed by atoms with Gasteiger partial charge in [0.15, 0.2) is 5.78 Å². The van der Waals surface area contributed by atoms with Crippen LogP contribution < -0.4 is 4.74 Å². The van der Waals surface area contributed by atoms with Crippen molar-refractivity contribution in [2.75, 3.05) is 7.11 Å². The molecule has 4 heteroatoms. The van der Waals surface area contributed by atoms with Gasteiger partial charge < -0.3 is 9.84 Å². The summed E-state index contributed by atoms with van der Waals surface area (Å²) < 4.78 is 5.52. The van der Waals surface area contributed by atoms with Gasteiger partial charge in [-0.25, -0.2) is 0 Å². The van der Waals surface area contributed by atoms with E-state index in [1.54, 1.807) is 19.2 Å². The van der Waals surface area contributed by atoms with Crippen molar-refractivity contribution in [1.82, 2.24) is 0 Å². The number of carboxylic acid groups (broad SMARTS) is 1. The van der Waals surface area contributed by atoms with Gasteiger partial charge in [0.2, 0.25) is 0 Å². The monoisotopic (exact) mass is 414 g/mol. The fourth-order valence-corrected chi connectivity index (χ4v) is 4.56. The van der Waals surface area contributed by atoms with Gasteiger partial charge in [-0.15, -0.1) is 0 Å². The zero-order valence-corrected chi connectivity index (χ0v) is 17.9. The van der Waals surface area contributed by atoms with Crippen LogP contribution in [0.25, 0.3) is 0 Å². The van der Waals surface area contributed by atoms with Crippen molar-refractivity contribution in [3.8, 4) is 5.75 Å². The minimum Gasteiger partial charge on any atom is -0.496 e. The van der Waals surface area contributed by atoms with Gasteiger partial charge in [-0.1, -0.05) is 48.5 Å². The van der Waals surface area contributed by atoms with E-state index in [0.29, 0.717) is 24.8 Å². The first-order valence-corrected chi connectivity index (χ1v) is 10.5. The lowest BCUT2D eigenvalue weighted by Crippen LogP contribution is -2.34. The SMILES string of the molecule is COc1ccc(C(=O)CC2(C(=O)O)Cc3ccccc3C2)cc1Cc1ccccc1C. The summed E-state index contributed by atoms with van der Waals surface area (Å²) in [7, 11) is 1.62. The maximum atomic E-state index is 13.2. The van der Waals surface area contributed by atoms with Crippen LogP contribution in [-0.2, 0) is 24.1 Å². The second kappa shape index (κ2) is 8.38. The van der Waals surface area contributed by atoms with Gasteiger partial charge in [-0.05, 0) is 65.8 Å². The number of fused-ring (bicyclic) bond motifs is 1. The lowest BCUT2D eigenvalue weighted by molar-refractivity contribution is -0.148. The van der Waals surface area contributed by atoms with Crippen LogP contribution in [0.2, 0.25) is 0 Å². The van der Waals surface area contributed by atoms with Gasteiger partial charge in [-0.3, -0.25) is 9.59 Å². The molecule has 1 aliphatic rings. The van der Waals surface area contributed by atoms with Crippen molar-refractivity contribution >= 4 is 11.8 Å². The normalized spacial score (nSPS) is 14.1. The van der Waals surface area contributed by atoms with Crippen molar-refractivity contribution in [3.63, 3.8) is 0 Å². The summed E-state index contributed by atoms with van der Waals surface area (Å²) in [6, 6.07) is 21.3. The molecule has 0 radical (unpaired) electrons. The zero-order valence-electron chi connectivity index (χ0n) is 17.9. The number of carbonyl (C=O) groups is 2. The number of carboxylic acids is 1. The Morgan fingerprint density at radius 3 is 2.19 bits per heavy atom. The summed E-state index contributed by atoms with van der Waals surface area (Å²) >= 11 is 0. The van der Waals surface area contributed by atoms with E-state index in [1.807, 2.05) is 42.5 Å². The summed E-state index contributed by atoms with van der Waals surface area (Å²) in [6.45, 7) is 2.06. The predicted octanol–water partition coefficient (Wildman–Crippen LogP) is 5.04. The van der Waals surface area contributed by atoms with E-state index >= 15 is 0 Å². The average molecular weight is 415 g/mol. The Hall–Kier alpha value is -3.40. The number of aryl methyl sites for hydroxylation is 1. The first-order chi connectivity index (χ1) is 14.9. The van der Waals surface area contributed by atoms with Crippen molar-refractivity contribution in [1.29, 1.82) is 0 Å². The molecule has 0 fully saturated rings. The van der Waals surface area contributed by atoms with Crippen molar-refractivity contribution < 1.29 is 19.4 Å². The first kappa shape index (κ1) is 20.9. The smallest absolute Gasteiger partial charge is 0.310 e. The molecule has 31 heavy (non-hydrogen) atoms. The molecule has 0 aliphatic heterocycles. The molecular weight excluding hydrogens is 388 g/mol. The van der Waals surface area contributed by atoms with Crippen LogP contribution in [0.15, 0.2) is 66.7 Å². The highest BCUT2D eigenvalue weighted by atomic mass is 16.5. The van der Waals surface area contributed by atoms with Crippen LogP contribution >= 0.6 is 0 Å². The Morgan fingerprint density at radius 1 is 0.935 bits per heavy atom. The molecule has 4 nitrogen and oxygen atoms in total. The van der Waals surface area contributed by atoms with Crippen LogP contribution in [0.3, 0.4) is 0 Å². The fraction of sp³-hybridized carbons (Fsp3) is 0.259. The Labute approximate surface area is 182 Å². The van der Waals surface area contributed by atoms with E-state index in [2.05, 4.69) is 19.1 Å². The first-order valence-electron chi connectivity index (χ1n) is 10.5. The maximum absolute atomic E-state index is 13.2. The largest absolute Gasteiger partial charge is 0.496 e. The fourth-order valence-electron chi connectivity index (χ4n) is 4.56. The number of methoxy groups -OCH3 is 1. The number of rotatable bonds is 7. The molecule has 0 unspecified atom stereocenters. The molecule has 4 rings (SSSR count). The third-order valence-corrected chi connectivity index (χ3v) is 6.37. The van der Waals surface area contributed by atoms with E-state index in [9.17, 15) is 14.7 Å². The molecule has 0 saturated carbocycles. The maximum Gasteiger partial charge on any atom is 0.310 e. The van der Waals surface area contributed by atoms with Gasteiger partial charge in [-0.2, -0.15) is 0 Å². The minimum absolute atomic E-state index is 0.0207. The van der Waals surface area contributed by atoms with Crippen LogP contribution in [0.5, 0.6) is 5.75 Å². The Morgan fingerprint density at radius 2 is 1.58 bits per heavy atom. The molecule has 158 valence electrons. The molecule has 0 atom stereocenters. The summed E-state index contributed by atoms with van der Waals surface area (Å²) in [5.41, 5.74) is 4.74. The number of aliphatic carboxylic acids is 1. The van der Waals surface area contributed by atoms with Gasteiger partial charge in [0.1, 0.15) is 5.75 Å². The van der Waals surface area contributed by atoms with Crippen molar-refractivity contribution in [3.05, 3.63) is 100 Å². The van der Waals surface area contributed by atoms with Gasteiger partial charge in [0.05, 0.1) is 12.5 Å². The summed E-state index contributed by atoms with van der Waals surface area (Å²) in [6.07, 6.45) is 1.40. The topological polar surface area (TPSA) is 63.6 Å². The number of carbonyl (C=O) groups excluding carboxylic acids is 1. The highest BCUT2D eigenvalue weighted by molar-refractivity contribution is 5.99. The Kier molecular flexibility index (Phi) is 5.64. The molecule has 0 amide bonds. The molecule has 1 N–H and O–H groups in total. The lowest BCUT2D eigenvalue weighted by Gasteiger charge is -2.23. The number of ketones is 1. The molecule has 0 heterocycles. The van der Waals surface area contributed by atoms with Crippen LogP contribution in [-0.4, -0.2) is 24.0 Å². The van der Waals surface area contributed by atoms with Gasteiger partial charge >= 0.3 is 5.97 Å². The number of benzene rings is 3. The second-order valence-electron chi connectivity index (χ2n) is 8.44. The molecule has 0 saturated heterocycles.